The number of carbonyl (C=O) groups is 2. The molecule has 0 aliphatic heterocycles. The molecule has 0 spiro atoms. The Labute approximate surface area is 139 Å². The summed E-state index contributed by atoms with van der Waals surface area (Å²) in [6.07, 6.45) is 2.79. The summed E-state index contributed by atoms with van der Waals surface area (Å²) < 4.78 is 25.9. The largest absolute Gasteiger partial charge is 0.500 e. The van der Waals surface area contributed by atoms with Gasteiger partial charge in [0.15, 0.2) is 5.92 Å². The number of ether oxygens (including phenoxy) is 2. The van der Waals surface area contributed by atoms with E-state index in [0.717, 1.165) is 12.8 Å². The molecule has 136 valence electrons. The number of hydrogen-bond donors (Lipinski definition) is 0. The molecule has 0 aliphatic carbocycles. The summed E-state index contributed by atoms with van der Waals surface area (Å²) in [5.41, 5.74) is 0. The van der Waals surface area contributed by atoms with Crippen LogP contribution in [0.15, 0.2) is 0 Å². The van der Waals surface area contributed by atoms with E-state index in [1.165, 1.54) is 0 Å². The molecule has 0 radical (unpaired) electrons. The number of rotatable bonds is 13. The topological polar surface area (TPSA) is 80.3 Å². The van der Waals surface area contributed by atoms with E-state index in [0.29, 0.717) is 18.9 Å². The highest BCUT2D eigenvalue weighted by atomic mass is 28.4. The van der Waals surface area contributed by atoms with Crippen LogP contribution in [0.4, 0.5) is 0 Å². The zero-order valence-corrected chi connectivity index (χ0v) is 15.9. The lowest BCUT2D eigenvalue weighted by atomic mass is 10.0. The zero-order valence-electron chi connectivity index (χ0n) is 14.9. The van der Waals surface area contributed by atoms with Gasteiger partial charge in [-0.1, -0.05) is 12.8 Å². The van der Waals surface area contributed by atoms with Gasteiger partial charge in [0, 0.05) is 27.4 Å². The molecule has 0 aromatic carbocycles. The van der Waals surface area contributed by atoms with Gasteiger partial charge in [0.05, 0.1) is 13.2 Å². The van der Waals surface area contributed by atoms with Crippen LogP contribution in [0.3, 0.4) is 0 Å². The number of hydrogen-bond acceptors (Lipinski definition) is 7. The SMILES string of the molecule is CCOC(=O)C(CCCCC[Si](OC)(OC)OC)C(=O)OCC. The second kappa shape index (κ2) is 12.5. The quantitative estimate of drug-likeness (QED) is 0.218. The minimum atomic E-state index is -2.55. The molecule has 23 heavy (non-hydrogen) atoms. The lowest BCUT2D eigenvalue weighted by Crippen LogP contribution is -2.42. The first-order valence-corrected chi connectivity index (χ1v) is 9.92. The van der Waals surface area contributed by atoms with E-state index in [4.69, 9.17) is 22.8 Å². The Morgan fingerprint density at radius 2 is 1.30 bits per heavy atom. The molecule has 0 fully saturated rings. The summed E-state index contributed by atoms with van der Waals surface area (Å²) in [5, 5.41) is 0. The summed E-state index contributed by atoms with van der Waals surface area (Å²) in [5.74, 6) is -1.87. The van der Waals surface area contributed by atoms with Crippen molar-refractivity contribution in [1.82, 2.24) is 0 Å². The highest BCUT2D eigenvalue weighted by Gasteiger charge is 2.37. The number of esters is 2. The van der Waals surface area contributed by atoms with Gasteiger partial charge in [-0.15, -0.1) is 0 Å². The second-order valence-corrected chi connectivity index (χ2v) is 8.04. The molecule has 0 saturated carbocycles. The van der Waals surface area contributed by atoms with Crippen LogP contribution in [0.2, 0.25) is 6.04 Å². The van der Waals surface area contributed by atoms with Crippen LogP contribution in [0, 0.1) is 5.92 Å². The maximum absolute atomic E-state index is 11.8. The van der Waals surface area contributed by atoms with E-state index in [9.17, 15) is 9.59 Å². The van der Waals surface area contributed by atoms with Crippen LogP contribution in [0.25, 0.3) is 0 Å². The molecule has 0 aromatic rings. The van der Waals surface area contributed by atoms with E-state index in [-0.39, 0.29) is 13.2 Å². The maximum Gasteiger partial charge on any atom is 0.500 e. The first-order chi connectivity index (χ1) is 11.0. The first-order valence-electron chi connectivity index (χ1n) is 7.98. The summed E-state index contributed by atoms with van der Waals surface area (Å²) >= 11 is 0. The highest BCUT2D eigenvalue weighted by Crippen LogP contribution is 2.20. The molecule has 0 rings (SSSR count). The molecule has 0 atom stereocenters. The van der Waals surface area contributed by atoms with E-state index in [2.05, 4.69) is 0 Å². The predicted molar refractivity (Wildman–Crippen MR) is 86.8 cm³/mol. The van der Waals surface area contributed by atoms with Crippen molar-refractivity contribution in [2.45, 2.75) is 45.6 Å². The minimum absolute atomic E-state index is 0.248. The summed E-state index contributed by atoms with van der Waals surface area (Å²) in [6.45, 7) is 3.92. The Morgan fingerprint density at radius 1 is 0.826 bits per heavy atom. The third-order valence-corrected chi connectivity index (χ3v) is 6.38. The molecular weight excluding hydrogens is 320 g/mol. The molecule has 0 N–H and O–H groups in total. The van der Waals surface area contributed by atoms with Gasteiger partial charge in [-0.25, -0.2) is 0 Å². The van der Waals surface area contributed by atoms with Crippen molar-refractivity contribution in [2.75, 3.05) is 34.5 Å². The molecule has 0 bridgehead atoms. The zero-order chi connectivity index (χ0) is 17.7. The lowest BCUT2D eigenvalue weighted by molar-refractivity contribution is -0.161. The fraction of sp³-hybridized carbons (Fsp3) is 0.867. The smallest absolute Gasteiger partial charge is 0.465 e. The Bertz CT molecular complexity index is 318. The molecule has 7 nitrogen and oxygen atoms in total. The second-order valence-electron chi connectivity index (χ2n) is 4.95. The van der Waals surface area contributed by atoms with Crippen molar-refractivity contribution in [3.63, 3.8) is 0 Å². The monoisotopic (exact) mass is 350 g/mol. The molecular formula is C15H30O7Si. The van der Waals surface area contributed by atoms with E-state index in [1.807, 2.05) is 0 Å². The van der Waals surface area contributed by atoms with Crippen molar-refractivity contribution < 1.29 is 32.3 Å². The Hall–Kier alpha value is -0.963. The van der Waals surface area contributed by atoms with Gasteiger partial charge in [-0.2, -0.15) is 0 Å². The molecule has 8 heteroatoms. The van der Waals surface area contributed by atoms with Crippen LogP contribution < -0.4 is 0 Å². The molecule has 0 amide bonds. The Balaban J connectivity index is 4.31. The van der Waals surface area contributed by atoms with Gasteiger partial charge in [0.1, 0.15) is 0 Å². The average Bonchev–Trinajstić information content (AvgIpc) is 2.55. The number of unbranched alkanes of at least 4 members (excludes halogenated alkanes) is 2. The van der Waals surface area contributed by atoms with Gasteiger partial charge < -0.3 is 22.8 Å². The van der Waals surface area contributed by atoms with E-state index in [1.54, 1.807) is 35.2 Å². The highest BCUT2D eigenvalue weighted by molar-refractivity contribution is 6.60. The van der Waals surface area contributed by atoms with E-state index < -0.39 is 26.7 Å². The maximum atomic E-state index is 11.8. The number of carbonyl (C=O) groups excluding carboxylic acids is 2. The average molecular weight is 350 g/mol. The van der Waals surface area contributed by atoms with Crippen molar-refractivity contribution in [1.29, 1.82) is 0 Å². The van der Waals surface area contributed by atoms with Gasteiger partial charge in [-0.05, 0) is 26.7 Å². The van der Waals surface area contributed by atoms with Gasteiger partial charge in [-0.3, -0.25) is 9.59 Å². The summed E-state index contributed by atoms with van der Waals surface area (Å²) in [4.78, 5) is 23.7. The summed E-state index contributed by atoms with van der Waals surface area (Å²) in [6, 6.07) is 0.694. The summed E-state index contributed by atoms with van der Waals surface area (Å²) in [7, 11) is 2.19. The third kappa shape index (κ3) is 7.91. The van der Waals surface area contributed by atoms with Crippen molar-refractivity contribution in [2.24, 2.45) is 5.92 Å². The van der Waals surface area contributed by atoms with Gasteiger partial charge in [0.2, 0.25) is 0 Å². The first kappa shape index (κ1) is 22.0. The van der Waals surface area contributed by atoms with E-state index >= 15 is 0 Å². The Morgan fingerprint density at radius 3 is 1.70 bits per heavy atom. The van der Waals surface area contributed by atoms with Crippen LogP contribution in [-0.2, 0) is 32.3 Å². The minimum Gasteiger partial charge on any atom is -0.465 e. The molecule has 0 saturated heterocycles. The van der Waals surface area contributed by atoms with Gasteiger partial charge >= 0.3 is 20.7 Å². The fourth-order valence-corrected chi connectivity index (χ4v) is 4.04. The predicted octanol–water partition coefficient (Wildman–Crippen LogP) is 2.17. The van der Waals surface area contributed by atoms with Crippen LogP contribution in [-0.4, -0.2) is 55.3 Å². The van der Waals surface area contributed by atoms with Crippen molar-refractivity contribution >= 4 is 20.7 Å². The molecule has 0 aromatic heterocycles. The third-order valence-electron chi connectivity index (χ3n) is 3.55. The normalized spacial score (nSPS) is 11.6. The van der Waals surface area contributed by atoms with Crippen molar-refractivity contribution in [3.05, 3.63) is 0 Å². The molecule has 0 aliphatic rings. The molecule has 0 unspecified atom stereocenters. The van der Waals surface area contributed by atoms with Crippen LogP contribution >= 0.6 is 0 Å². The standard InChI is InChI=1S/C15H30O7Si/c1-6-21-14(16)13(15(17)22-7-2)11-9-8-10-12-23(18-3,19-4)20-5/h13H,6-12H2,1-5H3. The lowest BCUT2D eigenvalue weighted by Gasteiger charge is -2.24. The van der Waals surface area contributed by atoms with Crippen LogP contribution in [0.1, 0.15) is 39.5 Å². The van der Waals surface area contributed by atoms with Crippen molar-refractivity contribution in [3.8, 4) is 0 Å². The Kier molecular flexibility index (Phi) is 11.9. The van der Waals surface area contributed by atoms with Crippen LogP contribution in [0.5, 0.6) is 0 Å². The molecule has 0 heterocycles. The fourth-order valence-electron chi connectivity index (χ4n) is 2.24. The van der Waals surface area contributed by atoms with Gasteiger partial charge in [0.25, 0.3) is 0 Å².